The van der Waals surface area contributed by atoms with Crippen LogP contribution in [0.1, 0.15) is 12.8 Å². The highest BCUT2D eigenvalue weighted by molar-refractivity contribution is 5.81. The number of piperidine rings is 1. The van der Waals surface area contributed by atoms with E-state index in [4.69, 9.17) is 15.2 Å². The number of nitrogens with two attached hydrogens (primary N) is 1. The number of pyridine rings is 1. The minimum absolute atomic E-state index is 0.375. The van der Waals surface area contributed by atoms with Gasteiger partial charge in [-0.2, -0.15) is 0 Å². The van der Waals surface area contributed by atoms with Gasteiger partial charge in [0.25, 0.3) is 0 Å². The number of rotatable bonds is 5. The minimum atomic E-state index is 0.375. The van der Waals surface area contributed by atoms with E-state index in [1.807, 2.05) is 24.3 Å². The van der Waals surface area contributed by atoms with Crippen molar-refractivity contribution >= 4 is 10.9 Å². The van der Waals surface area contributed by atoms with E-state index in [9.17, 15) is 0 Å². The Labute approximate surface area is 131 Å². The van der Waals surface area contributed by atoms with Gasteiger partial charge in [-0.25, -0.2) is 0 Å². The molecule has 0 amide bonds. The number of fused-ring (bicyclic) bond motifs is 1. The molecule has 0 aliphatic carbocycles. The molecule has 0 radical (unpaired) electrons. The van der Waals surface area contributed by atoms with E-state index in [1.165, 1.54) is 0 Å². The highest BCUT2D eigenvalue weighted by atomic mass is 16.5. The molecule has 118 valence electrons. The van der Waals surface area contributed by atoms with Crippen LogP contribution < -0.4 is 15.2 Å². The molecule has 2 N–H and O–H groups in total. The molecule has 1 aromatic heterocycles. The molecular formula is C17H23N3O2. The molecule has 1 aliphatic rings. The third kappa shape index (κ3) is 3.67. The smallest absolute Gasteiger partial charge is 0.137 e. The molecule has 5 nitrogen and oxygen atoms in total. The van der Waals surface area contributed by atoms with E-state index in [0.717, 1.165) is 54.9 Å². The van der Waals surface area contributed by atoms with Crippen LogP contribution in [0.25, 0.3) is 10.9 Å². The van der Waals surface area contributed by atoms with Gasteiger partial charge < -0.3 is 15.2 Å². The van der Waals surface area contributed by atoms with E-state index in [-0.39, 0.29) is 0 Å². The lowest BCUT2D eigenvalue weighted by molar-refractivity contribution is 0.174. The first-order valence-corrected chi connectivity index (χ1v) is 7.79. The van der Waals surface area contributed by atoms with E-state index in [2.05, 4.69) is 9.88 Å². The van der Waals surface area contributed by atoms with E-state index >= 15 is 0 Å². The summed E-state index contributed by atoms with van der Waals surface area (Å²) in [4.78, 5) is 6.76. The molecule has 5 heteroatoms. The van der Waals surface area contributed by atoms with Gasteiger partial charge in [0.15, 0.2) is 0 Å². The Morgan fingerprint density at radius 2 is 2.00 bits per heavy atom. The van der Waals surface area contributed by atoms with Crippen molar-refractivity contribution in [2.45, 2.75) is 18.9 Å². The molecule has 1 aromatic carbocycles. The van der Waals surface area contributed by atoms with E-state index in [0.29, 0.717) is 12.6 Å². The fourth-order valence-corrected chi connectivity index (χ4v) is 2.76. The van der Waals surface area contributed by atoms with Gasteiger partial charge in [-0.15, -0.1) is 0 Å². The zero-order valence-corrected chi connectivity index (χ0v) is 13.0. The number of aromatic nitrogens is 1. The van der Waals surface area contributed by atoms with Crippen LogP contribution in [0.5, 0.6) is 11.5 Å². The fraction of sp³-hybridized carbons (Fsp3) is 0.471. The molecule has 0 unspecified atom stereocenters. The highest BCUT2D eigenvalue weighted by Gasteiger charge is 2.15. The zero-order valence-electron chi connectivity index (χ0n) is 13.0. The summed E-state index contributed by atoms with van der Waals surface area (Å²) < 4.78 is 11.1. The molecular weight excluding hydrogens is 278 g/mol. The van der Waals surface area contributed by atoms with Gasteiger partial charge in [0.1, 0.15) is 18.1 Å². The number of methoxy groups -OCH3 is 1. The first-order chi connectivity index (χ1) is 10.7. The number of ether oxygens (including phenoxy) is 2. The number of benzene rings is 1. The predicted octanol–water partition coefficient (Wildman–Crippen LogP) is 2.05. The molecule has 1 aliphatic heterocycles. The number of nitrogens with zero attached hydrogens (tertiary/aromatic N) is 2. The average Bonchev–Trinajstić information content (AvgIpc) is 2.56. The minimum Gasteiger partial charge on any atom is -0.495 e. The van der Waals surface area contributed by atoms with Crippen LogP contribution in [0.15, 0.2) is 30.5 Å². The predicted molar refractivity (Wildman–Crippen MR) is 87.4 cm³/mol. The van der Waals surface area contributed by atoms with Crippen LogP contribution in [0.4, 0.5) is 0 Å². The van der Waals surface area contributed by atoms with Crippen LogP contribution in [0, 0.1) is 0 Å². The third-order valence-corrected chi connectivity index (χ3v) is 4.17. The van der Waals surface area contributed by atoms with Crippen molar-refractivity contribution in [3.8, 4) is 11.5 Å². The molecule has 0 spiro atoms. The van der Waals surface area contributed by atoms with Gasteiger partial charge >= 0.3 is 0 Å². The molecule has 1 fully saturated rings. The maximum absolute atomic E-state index is 5.92. The van der Waals surface area contributed by atoms with Crippen LogP contribution in [0.3, 0.4) is 0 Å². The van der Waals surface area contributed by atoms with Crippen molar-refractivity contribution in [2.24, 2.45) is 5.73 Å². The molecule has 22 heavy (non-hydrogen) atoms. The van der Waals surface area contributed by atoms with Crippen molar-refractivity contribution in [1.82, 2.24) is 9.88 Å². The molecule has 2 heterocycles. The molecule has 1 saturated heterocycles. The quantitative estimate of drug-likeness (QED) is 0.916. The Morgan fingerprint density at radius 3 is 2.77 bits per heavy atom. The monoisotopic (exact) mass is 301 g/mol. The van der Waals surface area contributed by atoms with Crippen molar-refractivity contribution in [2.75, 3.05) is 33.4 Å². The van der Waals surface area contributed by atoms with Gasteiger partial charge in [0.2, 0.25) is 0 Å². The number of likely N-dealkylation sites (tertiary alicyclic amines) is 1. The Kier molecular flexibility index (Phi) is 4.75. The second-order valence-electron chi connectivity index (χ2n) is 5.76. The summed E-state index contributed by atoms with van der Waals surface area (Å²) in [6.07, 6.45) is 3.90. The maximum atomic E-state index is 5.92. The zero-order chi connectivity index (χ0) is 15.4. The van der Waals surface area contributed by atoms with E-state index in [1.54, 1.807) is 13.3 Å². The first-order valence-electron chi connectivity index (χ1n) is 7.79. The summed E-state index contributed by atoms with van der Waals surface area (Å²) in [5.74, 6) is 1.63. The molecule has 2 aromatic rings. The summed E-state index contributed by atoms with van der Waals surface area (Å²) in [7, 11) is 1.65. The lowest BCUT2D eigenvalue weighted by Gasteiger charge is -2.29. The summed E-state index contributed by atoms with van der Waals surface area (Å²) in [6.45, 7) is 3.78. The second kappa shape index (κ2) is 6.94. The lowest BCUT2D eigenvalue weighted by Crippen LogP contribution is -2.41. The number of hydrogen-bond donors (Lipinski definition) is 1. The first kappa shape index (κ1) is 15.1. The Balaban J connectivity index is 1.57. The molecule has 3 rings (SSSR count). The van der Waals surface area contributed by atoms with Crippen LogP contribution >= 0.6 is 0 Å². The van der Waals surface area contributed by atoms with Crippen LogP contribution in [0.2, 0.25) is 0 Å². The summed E-state index contributed by atoms with van der Waals surface area (Å²) in [5.41, 5.74) is 6.86. The normalized spacial score (nSPS) is 16.8. The Morgan fingerprint density at radius 1 is 1.23 bits per heavy atom. The second-order valence-corrected chi connectivity index (χ2v) is 5.76. The van der Waals surface area contributed by atoms with Gasteiger partial charge in [0.05, 0.1) is 18.8 Å². The fourth-order valence-electron chi connectivity index (χ4n) is 2.76. The van der Waals surface area contributed by atoms with Gasteiger partial charge in [-0.05, 0) is 50.2 Å². The Bertz CT molecular complexity index is 624. The average molecular weight is 301 g/mol. The van der Waals surface area contributed by atoms with Crippen LogP contribution in [-0.2, 0) is 0 Å². The topological polar surface area (TPSA) is 60.6 Å². The molecule has 0 saturated carbocycles. The third-order valence-electron chi connectivity index (χ3n) is 4.17. The van der Waals surface area contributed by atoms with E-state index < -0.39 is 0 Å². The largest absolute Gasteiger partial charge is 0.495 e. The summed E-state index contributed by atoms with van der Waals surface area (Å²) >= 11 is 0. The van der Waals surface area contributed by atoms with Gasteiger partial charge in [-0.3, -0.25) is 9.88 Å². The van der Waals surface area contributed by atoms with Crippen molar-refractivity contribution in [1.29, 1.82) is 0 Å². The van der Waals surface area contributed by atoms with Crippen LogP contribution in [-0.4, -0.2) is 49.3 Å². The highest BCUT2D eigenvalue weighted by Crippen LogP contribution is 2.23. The van der Waals surface area contributed by atoms with Gasteiger partial charge in [-0.1, -0.05) is 0 Å². The standard InChI is InChI=1S/C17H23N3O2/c1-21-16-11-13-10-15(2-3-17(13)19-12-16)22-9-8-20-6-4-14(18)5-7-20/h2-3,10-12,14H,4-9,18H2,1H3. The SMILES string of the molecule is COc1cnc2ccc(OCCN3CCC(N)CC3)cc2c1. The van der Waals surface area contributed by atoms with Gasteiger partial charge in [0, 0.05) is 18.0 Å². The van der Waals surface area contributed by atoms with Crippen molar-refractivity contribution in [3.05, 3.63) is 30.5 Å². The maximum Gasteiger partial charge on any atom is 0.137 e. The lowest BCUT2D eigenvalue weighted by atomic mass is 10.1. The van der Waals surface area contributed by atoms with Crippen molar-refractivity contribution < 1.29 is 9.47 Å². The molecule has 0 bridgehead atoms. The Hall–Kier alpha value is -1.85. The summed E-state index contributed by atoms with van der Waals surface area (Å²) in [5, 5.41) is 1.03. The number of hydrogen-bond acceptors (Lipinski definition) is 5. The van der Waals surface area contributed by atoms with Crippen molar-refractivity contribution in [3.63, 3.8) is 0 Å². The molecule has 0 atom stereocenters. The summed E-state index contributed by atoms with van der Waals surface area (Å²) in [6, 6.07) is 8.30.